The summed E-state index contributed by atoms with van der Waals surface area (Å²) in [6.45, 7) is 18.2. The van der Waals surface area contributed by atoms with Gasteiger partial charge in [-0.25, -0.2) is 0 Å². The highest BCUT2D eigenvalue weighted by atomic mass is 16.5. The first-order valence-electron chi connectivity index (χ1n) is 15.0. The van der Waals surface area contributed by atoms with Crippen molar-refractivity contribution in [3.8, 4) is 0 Å². The molecule has 6 N–H and O–H groups in total. The minimum atomic E-state index is -0.426. The van der Waals surface area contributed by atoms with Gasteiger partial charge in [-0.1, -0.05) is 17.2 Å². The number of rotatable bonds is 25. The maximum absolute atomic E-state index is 12.3. The van der Waals surface area contributed by atoms with Crippen molar-refractivity contribution in [2.75, 3.05) is 52.6 Å². The normalized spacial score (nSPS) is 13.1. The van der Waals surface area contributed by atoms with Crippen LogP contribution in [0.5, 0.6) is 0 Å². The third kappa shape index (κ3) is 19.5. The van der Waals surface area contributed by atoms with Crippen molar-refractivity contribution in [3.63, 3.8) is 0 Å². The quantitative estimate of drug-likeness (QED) is 0.0411. The van der Waals surface area contributed by atoms with E-state index in [1.165, 1.54) is 0 Å². The van der Waals surface area contributed by atoms with Gasteiger partial charge in [0.25, 0.3) is 0 Å². The molecule has 0 fully saturated rings. The molecule has 0 heterocycles. The fourth-order valence-electron chi connectivity index (χ4n) is 3.85. The topological polar surface area (TPSA) is 166 Å². The first kappa shape index (κ1) is 38.7. The number of amides is 2. The second-order valence-electron chi connectivity index (χ2n) is 11.5. The molecule has 0 aliphatic carbocycles. The molecule has 0 radical (unpaired) electrons. The number of carbonyl (C=O) groups excluding carboxylic acids is 2. The van der Waals surface area contributed by atoms with Crippen LogP contribution in [-0.2, 0) is 19.1 Å². The van der Waals surface area contributed by atoms with Crippen LogP contribution in [0.15, 0.2) is 10.3 Å². The molecule has 0 rings (SSSR count). The SMILES string of the molecule is CCCOCCOCCNC(=O)CCCC(=O)NCCC(CCNC(C)(C)/C(C)=N\O)CCNC(C)(C)/C(C)=N\O. The molecule has 0 aliphatic heterocycles. The van der Waals surface area contributed by atoms with Crippen LogP contribution in [0.4, 0.5) is 0 Å². The first-order valence-corrected chi connectivity index (χ1v) is 15.0. The Morgan fingerprint density at radius 1 is 0.707 bits per heavy atom. The number of carbonyl (C=O) groups is 2. The zero-order valence-electron chi connectivity index (χ0n) is 26.6. The molecule has 0 aromatic rings. The minimum absolute atomic E-state index is 0.0601. The Morgan fingerprint density at radius 2 is 1.15 bits per heavy atom. The Morgan fingerprint density at radius 3 is 1.61 bits per heavy atom. The van der Waals surface area contributed by atoms with Gasteiger partial charge in [-0.2, -0.15) is 0 Å². The lowest BCUT2D eigenvalue weighted by Gasteiger charge is -2.28. The molecule has 41 heavy (non-hydrogen) atoms. The molecule has 240 valence electrons. The highest BCUT2D eigenvalue weighted by Gasteiger charge is 2.23. The lowest BCUT2D eigenvalue weighted by molar-refractivity contribution is -0.122. The van der Waals surface area contributed by atoms with Gasteiger partial charge in [0, 0.05) is 32.5 Å². The summed E-state index contributed by atoms with van der Waals surface area (Å²) in [6, 6.07) is 0. The highest BCUT2D eigenvalue weighted by Crippen LogP contribution is 2.15. The van der Waals surface area contributed by atoms with Crippen molar-refractivity contribution in [1.29, 1.82) is 0 Å². The molecule has 0 aliphatic rings. The van der Waals surface area contributed by atoms with Gasteiger partial charge in [0.15, 0.2) is 0 Å². The van der Waals surface area contributed by atoms with E-state index < -0.39 is 11.1 Å². The van der Waals surface area contributed by atoms with Crippen LogP contribution < -0.4 is 21.3 Å². The standard InChI is InChI=1S/C29H58N6O6/c1-8-19-40-21-22-41-20-18-31-27(37)11-9-10-26(36)30-15-12-25(13-16-32-28(4,5)23(2)34-38)14-17-33-29(6,7)24(3)35-39/h25,32-33,38-39H,8-22H2,1-7H3,(H,30,36)(H,31,37)/b34-23-,35-24-. The van der Waals surface area contributed by atoms with Crippen molar-refractivity contribution in [1.82, 2.24) is 21.3 Å². The van der Waals surface area contributed by atoms with Crippen LogP contribution in [0, 0.1) is 5.92 Å². The van der Waals surface area contributed by atoms with Crippen LogP contribution in [0.3, 0.4) is 0 Å². The fourth-order valence-corrected chi connectivity index (χ4v) is 3.85. The van der Waals surface area contributed by atoms with Gasteiger partial charge < -0.3 is 41.2 Å². The Labute approximate surface area is 247 Å². The third-order valence-corrected chi connectivity index (χ3v) is 7.32. The molecule has 0 spiro atoms. The predicted molar refractivity (Wildman–Crippen MR) is 163 cm³/mol. The van der Waals surface area contributed by atoms with Gasteiger partial charge >= 0.3 is 0 Å². The number of hydrogen-bond donors (Lipinski definition) is 6. The second kappa shape index (κ2) is 22.3. The van der Waals surface area contributed by atoms with E-state index in [4.69, 9.17) is 19.9 Å². The molecule has 0 atom stereocenters. The van der Waals surface area contributed by atoms with Crippen LogP contribution in [-0.4, -0.2) is 97.3 Å². The summed E-state index contributed by atoms with van der Waals surface area (Å²) >= 11 is 0. The smallest absolute Gasteiger partial charge is 0.220 e. The van der Waals surface area contributed by atoms with E-state index in [9.17, 15) is 9.59 Å². The molecule has 12 heteroatoms. The van der Waals surface area contributed by atoms with Crippen LogP contribution in [0.25, 0.3) is 0 Å². The molecule has 2 amide bonds. The van der Waals surface area contributed by atoms with E-state index >= 15 is 0 Å². The highest BCUT2D eigenvalue weighted by molar-refractivity contribution is 5.90. The molecular formula is C29H58N6O6. The monoisotopic (exact) mass is 586 g/mol. The average Bonchev–Trinajstić information content (AvgIpc) is 2.92. The third-order valence-electron chi connectivity index (χ3n) is 7.32. The zero-order valence-corrected chi connectivity index (χ0v) is 26.6. The second-order valence-corrected chi connectivity index (χ2v) is 11.5. The summed E-state index contributed by atoms with van der Waals surface area (Å²) in [5.41, 5.74) is 0.368. The maximum atomic E-state index is 12.3. The van der Waals surface area contributed by atoms with E-state index in [1.807, 2.05) is 27.7 Å². The fraction of sp³-hybridized carbons (Fsp3) is 0.862. The summed E-state index contributed by atoms with van der Waals surface area (Å²) in [6.07, 6.45) is 4.63. The lowest BCUT2D eigenvalue weighted by atomic mass is 9.94. The van der Waals surface area contributed by atoms with E-state index in [0.29, 0.717) is 69.5 Å². The van der Waals surface area contributed by atoms with Gasteiger partial charge in [0.05, 0.1) is 42.3 Å². The molecule has 0 saturated carbocycles. The van der Waals surface area contributed by atoms with Gasteiger partial charge in [0.2, 0.25) is 11.8 Å². The van der Waals surface area contributed by atoms with E-state index in [-0.39, 0.29) is 11.8 Å². The predicted octanol–water partition coefficient (Wildman–Crippen LogP) is 3.06. The van der Waals surface area contributed by atoms with E-state index in [2.05, 4.69) is 38.5 Å². The van der Waals surface area contributed by atoms with Crippen LogP contribution >= 0.6 is 0 Å². The molecule has 12 nitrogen and oxygen atoms in total. The molecule has 0 aromatic heterocycles. The maximum Gasteiger partial charge on any atom is 0.220 e. The summed E-state index contributed by atoms with van der Waals surface area (Å²) < 4.78 is 10.7. The molecule has 0 bridgehead atoms. The van der Waals surface area contributed by atoms with Crippen LogP contribution in [0.1, 0.15) is 93.4 Å². The Hall–Kier alpha value is -2.28. The van der Waals surface area contributed by atoms with Gasteiger partial charge in [-0.3, -0.25) is 9.59 Å². The van der Waals surface area contributed by atoms with Crippen molar-refractivity contribution in [2.45, 2.75) is 104 Å². The van der Waals surface area contributed by atoms with Gasteiger partial charge in [-0.15, -0.1) is 0 Å². The number of oxime groups is 2. The largest absolute Gasteiger partial charge is 0.411 e. The van der Waals surface area contributed by atoms with E-state index in [0.717, 1.165) is 45.4 Å². The Bertz CT molecular complexity index is 752. The molecular weight excluding hydrogens is 528 g/mol. The first-order chi connectivity index (χ1) is 19.4. The van der Waals surface area contributed by atoms with E-state index in [1.54, 1.807) is 13.8 Å². The number of nitrogens with zero attached hydrogens (tertiary/aromatic N) is 2. The zero-order chi connectivity index (χ0) is 31.2. The lowest BCUT2D eigenvalue weighted by Crippen LogP contribution is -2.47. The average molecular weight is 587 g/mol. The number of ether oxygens (including phenoxy) is 2. The molecule has 0 saturated heterocycles. The van der Waals surface area contributed by atoms with Crippen molar-refractivity contribution < 1.29 is 29.5 Å². The van der Waals surface area contributed by atoms with Gasteiger partial charge in [-0.05, 0) is 92.7 Å². The summed E-state index contributed by atoms with van der Waals surface area (Å²) in [4.78, 5) is 24.3. The minimum Gasteiger partial charge on any atom is -0.411 e. The van der Waals surface area contributed by atoms with Crippen molar-refractivity contribution in [3.05, 3.63) is 0 Å². The number of hydrogen-bond acceptors (Lipinski definition) is 10. The molecule has 0 aromatic carbocycles. The van der Waals surface area contributed by atoms with Gasteiger partial charge in [0.1, 0.15) is 0 Å². The molecule has 0 unspecified atom stereocenters. The summed E-state index contributed by atoms with van der Waals surface area (Å²) in [5.74, 6) is 0.179. The van der Waals surface area contributed by atoms with Crippen molar-refractivity contribution in [2.24, 2.45) is 16.2 Å². The Balaban J connectivity index is 4.43. The summed E-state index contributed by atoms with van der Waals surface area (Å²) in [7, 11) is 0. The van der Waals surface area contributed by atoms with Crippen LogP contribution in [0.2, 0.25) is 0 Å². The summed E-state index contributed by atoms with van der Waals surface area (Å²) in [5, 5.41) is 37.6. The van der Waals surface area contributed by atoms with Crippen molar-refractivity contribution >= 4 is 23.2 Å². The Kier molecular flexibility index (Phi) is 21.1. The number of nitrogens with one attached hydrogen (secondary N) is 4.